The molecule has 0 aliphatic heterocycles. The SMILES string of the molecule is CCn1c(=O)c2ccccc2n(CC(=O)NC(C)c2cccc3ccccc23)c1=O. The van der Waals surface area contributed by atoms with Crippen LogP contribution in [0.5, 0.6) is 0 Å². The van der Waals surface area contributed by atoms with Gasteiger partial charge in [-0.1, -0.05) is 54.6 Å². The number of hydrogen-bond donors (Lipinski definition) is 1. The molecule has 1 heterocycles. The Kier molecular flexibility index (Phi) is 5.23. The van der Waals surface area contributed by atoms with Gasteiger partial charge >= 0.3 is 5.69 Å². The molecule has 1 N–H and O–H groups in total. The van der Waals surface area contributed by atoms with E-state index in [4.69, 9.17) is 0 Å². The highest BCUT2D eigenvalue weighted by Gasteiger charge is 2.17. The third-order valence-corrected chi connectivity index (χ3v) is 5.42. The molecule has 4 rings (SSSR count). The number of aromatic nitrogens is 2. The third kappa shape index (κ3) is 3.41. The average molecular weight is 401 g/mol. The van der Waals surface area contributed by atoms with Crippen LogP contribution in [0.1, 0.15) is 25.5 Å². The monoisotopic (exact) mass is 401 g/mol. The Morgan fingerprint density at radius 1 is 0.900 bits per heavy atom. The van der Waals surface area contributed by atoms with Crippen molar-refractivity contribution in [1.82, 2.24) is 14.5 Å². The lowest BCUT2D eigenvalue weighted by atomic mass is 10.00. The molecule has 0 spiro atoms. The summed E-state index contributed by atoms with van der Waals surface area (Å²) in [5, 5.41) is 5.60. The maximum Gasteiger partial charge on any atom is 0.331 e. The number of amides is 1. The molecule has 0 saturated heterocycles. The molecule has 0 aliphatic rings. The fourth-order valence-corrected chi connectivity index (χ4v) is 3.94. The van der Waals surface area contributed by atoms with E-state index in [2.05, 4.69) is 5.32 Å². The van der Waals surface area contributed by atoms with Gasteiger partial charge in [-0.05, 0) is 42.3 Å². The standard InChI is InChI=1S/C24H23N3O3/c1-3-26-23(29)20-12-6-7-14-21(20)27(24(26)30)15-22(28)25-16(2)18-13-8-10-17-9-4-5-11-19(17)18/h4-14,16H,3,15H2,1-2H3,(H,25,28). The van der Waals surface area contributed by atoms with E-state index >= 15 is 0 Å². The van der Waals surface area contributed by atoms with E-state index in [1.54, 1.807) is 31.2 Å². The summed E-state index contributed by atoms with van der Waals surface area (Å²) in [5.41, 5.74) is 0.662. The Balaban J connectivity index is 1.67. The molecule has 152 valence electrons. The molecule has 1 atom stereocenters. The van der Waals surface area contributed by atoms with Crippen LogP contribution in [0.2, 0.25) is 0 Å². The minimum absolute atomic E-state index is 0.158. The molecule has 1 aromatic heterocycles. The number of benzene rings is 3. The van der Waals surface area contributed by atoms with Crippen LogP contribution in [0, 0.1) is 0 Å². The summed E-state index contributed by atoms with van der Waals surface area (Å²) >= 11 is 0. The van der Waals surface area contributed by atoms with Gasteiger partial charge in [-0.15, -0.1) is 0 Å². The summed E-state index contributed by atoms with van der Waals surface area (Å²) in [4.78, 5) is 38.3. The molecule has 3 aromatic carbocycles. The van der Waals surface area contributed by atoms with Crippen LogP contribution in [0.3, 0.4) is 0 Å². The molecule has 6 nitrogen and oxygen atoms in total. The molecule has 0 fully saturated rings. The number of nitrogens with zero attached hydrogens (tertiary/aromatic N) is 2. The predicted molar refractivity (Wildman–Crippen MR) is 119 cm³/mol. The van der Waals surface area contributed by atoms with Gasteiger partial charge < -0.3 is 5.32 Å². The molecule has 1 unspecified atom stereocenters. The van der Waals surface area contributed by atoms with Crippen molar-refractivity contribution in [2.45, 2.75) is 33.0 Å². The second kappa shape index (κ2) is 7.99. The molecule has 1 amide bonds. The summed E-state index contributed by atoms with van der Waals surface area (Å²) in [7, 11) is 0. The fourth-order valence-electron chi connectivity index (χ4n) is 3.94. The maximum absolute atomic E-state index is 12.9. The summed E-state index contributed by atoms with van der Waals surface area (Å²) in [5.74, 6) is -0.288. The van der Waals surface area contributed by atoms with E-state index in [9.17, 15) is 14.4 Å². The van der Waals surface area contributed by atoms with E-state index in [-0.39, 0.29) is 30.6 Å². The highest BCUT2D eigenvalue weighted by molar-refractivity contribution is 5.87. The lowest BCUT2D eigenvalue weighted by Gasteiger charge is -2.18. The number of hydrogen-bond acceptors (Lipinski definition) is 3. The molecule has 0 saturated carbocycles. The Labute approximate surface area is 173 Å². The number of fused-ring (bicyclic) bond motifs is 2. The van der Waals surface area contributed by atoms with Crippen LogP contribution in [-0.2, 0) is 17.9 Å². The van der Waals surface area contributed by atoms with Gasteiger partial charge in [-0.2, -0.15) is 0 Å². The maximum atomic E-state index is 12.9. The normalized spacial score (nSPS) is 12.2. The number of rotatable bonds is 5. The van der Waals surface area contributed by atoms with Crippen molar-refractivity contribution in [3.63, 3.8) is 0 Å². The average Bonchev–Trinajstić information content (AvgIpc) is 2.76. The number of carbonyl (C=O) groups is 1. The van der Waals surface area contributed by atoms with Gasteiger partial charge in [0.05, 0.1) is 16.9 Å². The van der Waals surface area contributed by atoms with Crippen LogP contribution in [0.4, 0.5) is 0 Å². The van der Waals surface area contributed by atoms with E-state index < -0.39 is 5.69 Å². The van der Waals surface area contributed by atoms with Crippen LogP contribution in [0.25, 0.3) is 21.7 Å². The van der Waals surface area contributed by atoms with E-state index in [0.29, 0.717) is 10.9 Å². The zero-order valence-corrected chi connectivity index (χ0v) is 17.0. The smallest absolute Gasteiger partial charge is 0.331 e. The van der Waals surface area contributed by atoms with E-state index in [0.717, 1.165) is 20.9 Å². The molecule has 4 aromatic rings. The molecular formula is C24H23N3O3. The zero-order chi connectivity index (χ0) is 21.3. The first kappa shape index (κ1) is 19.6. The Hall–Kier alpha value is -3.67. The highest BCUT2D eigenvalue weighted by atomic mass is 16.2. The highest BCUT2D eigenvalue weighted by Crippen LogP contribution is 2.24. The van der Waals surface area contributed by atoms with E-state index in [1.807, 2.05) is 49.4 Å². The zero-order valence-electron chi connectivity index (χ0n) is 17.0. The summed E-state index contributed by atoms with van der Waals surface area (Å²) in [6.07, 6.45) is 0. The molecule has 0 bridgehead atoms. The van der Waals surface area contributed by atoms with Crippen LogP contribution in [0.15, 0.2) is 76.3 Å². The van der Waals surface area contributed by atoms with Crippen molar-refractivity contribution >= 4 is 27.6 Å². The topological polar surface area (TPSA) is 73.1 Å². The summed E-state index contributed by atoms with van der Waals surface area (Å²) in [6, 6.07) is 20.7. The van der Waals surface area contributed by atoms with Crippen LogP contribution < -0.4 is 16.6 Å². The van der Waals surface area contributed by atoms with Crippen LogP contribution in [-0.4, -0.2) is 15.0 Å². The fraction of sp³-hybridized carbons (Fsp3) is 0.208. The molecule has 0 aliphatic carbocycles. The first-order valence-corrected chi connectivity index (χ1v) is 10.0. The third-order valence-electron chi connectivity index (χ3n) is 5.42. The first-order valence-electron chi connectivity index (χ1n) is 10.0. The molecule has 6 heteroatoms. The Morgan fingerprint density at radius 2 is 1.57 bits per heavy atom. The summed E-state index contributed by atoms with van der Waals surface area (Å²) in [6.45, 7) is 3.75. The van der Waals surface area contributed by atoms with Crippen molar-refractivity contribution in [3.05, 3.63) is 93.1 Å². The van der Waals surface area contributed by atoms with Crippen molar-refractivity contribution < 1.29 is 4.79 Å². The van der Waals surface area contributed by atoms with Crippen molar-refractivity contribution in [1.29, 1.82) is 0 Å². The number of nitrogens with one attached hydrogen (secondary N) is 1. The minimum atomic E-state index is -0.478. The second-order valence-electron chi connectivity index (χ2n) is 7.29. The van der Waals surface area contributed by atoms with Gasteiger partial charge in [-0.3, -0.25) is 18.7 Å². The van der Waals surface area contributed by atoms with Gasteiger partial charge in [0, 0.05) is 6.54 Å². The molecular weight excluding hydrogens is 378 g/mol. The van der Waals surface area contributed by atoms with Gasteiger partial charge in [0.25, 0.3) is 5.56 Å². The first-order chi connectivity index (χ1) is 14.5. The van der Waals surface area contributed by atoms with Gasteiger partial charge in [0.15, 0.2) is 0 Å². The predicted octanol–water partition coefficient (Wildman–Crippen LogP) is 3.21. The van der Waals surface area contributed by atoms with Gasteiger partial charge in [-0.25, -0.2) is 4.79 Å². The largest absolute Gasteiger partial charge is 0.348 e. The number of carbonyl (C=O) groups excluding carboxylic acids is 1. The molecule has 0 radical (unpaired) electrons. The van der Waals surface area contributed by atoms with Gasteiger partial charge in [0.2, 0.25) is 5.91 Å². The van der Waals surface area contributed by atoms with Crippen LogP contribution >= 0.6 is 0 Å². The van der Waals surface area contributed by atoms with Crippen molar-refractivity contribution in [3.8, 4) is 0 Å². The Morgan fingerprint density at radius 3 is 2.33 bits per heavy atom. The second-order valence-corrected chi connectivity index (χ2v) is 7.29. The van der Waals surface area contributed by atoms with Crippen molar-refractivity contribution in [2.75, 3.05) is 0 Å². The lowest BCUT2D eigenvalue weighted by molar-refractivity contribution is -0.122. The minimum Gasteiger partial charge on any atom is -0.348 e. The Bertz CT molecular complexity index is 1360. The van der Waals surface area contributed by atoms with E-state index in [1.165, 1.54) is 4.57 Å². The number of para-hydroxylation sites is 1. The molecule has 30 heavy (non-hydrogen) atoms. The van der Waals surface area contributed by atoms with Crippen molar-refractivity contribution in [2.24, 2.45) is 0 Å². The van der Waals surface area contributed by atoms with Gasteiger partial charge in [0.1, 0.15) is 6.54 Å². The quantitative estimate of drug-likeness (QED) is 0.558. The lowest BCUT2D eigenvalue weighted by Crippen LogP contribution is -2.42. The summed E-state index contributed by atoms with van der Waals surface area (Å²) < 4.78 is 2.52.